The Morgan fingerprint density at radius 1 is 1.17 bits per heavy atom. The van der Waals surface area contributed by atoms with E-state index in [4.69, 9.17) is 10.7 Å². The molecule has 2 N–H and O–H groups in total. The molecule has 0 aromatic rings. The summed E-state index contributed by atoms with van der Waals surface area (Å²) in [5.41, 5.74) is 6.25. The molecule has 3 heteroatoms. The van der Waals surface area contributed by atoms with E-state index in [0.29, 0.717) is 12.1 Å². The fourth-order valence-corrected chi connectivity index (χ4v) is 2.74. The van der Waals surface area contributed by atoms with Crippen LogP contribution in [-0.4, -0.2) is 29.5 Å². The number of hydrogen-bond donors (Lipinski definition) is 1. The van der Waals surface area contributed by atoms with E-state index in [1.807, 2.05) is 0 Å². The van der Waals surface area contributed by atoms with Crippen LogP contribution in [0.15, 0.2) is 4.99 Å². The molecule has 0 aromatic carbocycles. The van der Waals surface area contributed by atoms with Gasteiger partial charge in [0.05, 0.1) is 6.04 Å². The van der Waals surface area contributed by atoms with Gasteiger partial charge in [-0.1, -0.05) is 33.1 Å². The Morgan fingerprint density at radius 3 is 2.39 bits per heavy atom. The van der Waals surface area contributed by atoms with Crippen molar-refractivity contribution in [2.75, 3.05) is 6.54 Å². The summed E-state index contributed by atoms with van der Waals surface area (Å²) in [5.74, 6) is 1.57. The molecule has 0 saturated heterocycles. The second-order valence-corrected chi connectivity index (χ2v) is 6.39. The second kappa shape index (κ2) is 6.44. The Hall–Kier alpha value is -0.730. The Bertz CT molecular complexity index is 275. The number of nitrogens with two attached hydrogens (primary N) is 1. The van der Waals surface area contributed by atoms with Gasteiger partial charge in [0.1, 0.15) is 0 Å². The molecule has 0 heterocycles. The second-order valence-electron chi connectivity index (χ2n) is 6.39. The van der Waals surface area contributed by atoms with Crippen molar-refractivity contribution in [1.29, 1.82) is 0 Å². The van der Waals surface area contributed by atoms with Crippen LogP contribution in [0.3, 0.4) is 0 Å². The first-order valence-corrected chi connectivity index (χ1v) is 7.76. The number of aliphatic imine (C=N–C) groups is 1. The zero-order valence-corrected chi connectivity index (χ0v) is 12.1. The molecule has 0 aliphatic heterocycles. The minimum absolute atomic E-state index is 0.499. The van der Waals surface area contributed by atoms with Crippen molar-refractivity contribution in [3.05, 3.63) is 0 Å². The maximum Gasteiger partial charge on any atom is 0.191 e. The first kappa shape index (κ1) is 13.7. The van der Waals surface area contributed by atoms with E-state index in [2.05, 4.69) is 18.7 Å². The summed E-state index contributed by atoms with van der Waals surface area (Å²) in [6, 6.07) is 1.19. The van der Waals surface area contributed by atoms with Crippen LogP contribution in [0.2, 0.25) is 0 Å². The van der Waals surface area contributed by atoms with Gasteiger partial charge in [0.15, 0.2) is 5.96 Å². The predicted molar refractivity (Wildman–Crippen MR) is 77.7 cm³/mol. The first-order chi connectivity index (χ1) is 8.66. The average Bonchev–Trinajstić information content (AvgIpc) is 3.14. The van der Waals surface area contributed by atoms with Gasteiger partial charge < -0.3 is 10.6 Å². The van der Waals surface area contributed by atoms with E-state index in [0.717, 1.165) is 18.4 Å². The molecule has 0 aromatic heterocycles. The molecule has 104 valence electrons. The molecule has 0 atom stereocenters. The van der Waals surface area contributed by atoms with E-state index in [1.54, 1.807) is 0 Å². The number of guanidine groups is 1. The molecule has 2 rings (SSSR count). The zero-order valence-electron chi connectivity index (χ0n) is 12.1. The SMILES string of the molecule is CC(C)CCN(C(N)=NC1CCCCC1)C1CC1. The Morgan fingerprint density at radius 2 is 1.83 bits per heavy atom. The molecule has 2 fully saturated rings. The summed E-state index contributed by atoms with van der Waals surface area (Å²) in [7, 11) is 0. The molecule has 2 aliphatic carbocycles. The third-order valence-electron chi connectivity index (χ3n) is 4.12. The molecule has 0 spiro atoms. The van der Waals surface area contributed by atoms with Crippen LogP contribution >= 0.6 is 0 Å². The lowest BCUT2D eigenvalue weighted by Gasteiger charge is -2.26. The highest BCUT2D eigenvalue weighted by atomic mass is 15.3. The summed E-state index contributed by atoms with van der Waals surface area (Å²) in [6.45, 7) is 5.64. The fraction of sp³-hybridized carbons (Fsp3) is 0.933. The third-order valence-corrected chi connectivity index (χ3v) is 4.12. The zero-order chi connectivity index (χ0) is 13.0. The van der Waals surface area contributed by atoms with E-state index in [9.17, 15) is 0 Å². The lowest BCUT2D eigenvalue weighted by molar-refractivity contribution is 0.360. The van der Waals surface area contributed by atoms with Crippen LogP contribution in [0.25, 0.3) is 0 Å². The predicted octanol–water partition coefficient (Wildman–Crippen LogP) is 3.14. The molecule has 2 saturated carbocycles. The van der Waals surface area contributed by atoms with Crippen molar-refractivity contribution in [2.24, 2.45) is 16.6 Å². The van der Waals surface area contributed by atoms with Crippen LogP contribution in [0.5, 0.6) is 0 Å². The average molecular weight is 251 g/mol. The van der Waals surface area contributed by atoms with Gasteiger partial charge in [-0.3, -0.25) is 0 Å². The monoisotopic (exact) mass is 251 g/mol. The molecule has 0 unspecified atom stereocenters. The maximum atomic E-state index is 6.25. The van der Waals surface area contributed by atoms with Crippen LogP contribution in [0, 0.1) is 5.92 Å². The number of hydrogen-bond acceptors (Lipinski definition) is 1. The fourth-order valence-electron chi connectivity index (χ4n) is 2.74. The quantitative estimate of drug-likeness (QED) is 0.602. The van der Waals surface area contributed by atoms with Crippen LogP contribution in [0.1, 0.15) is 65.2 Å². The molecular formula is C15H29N3. The maximum absolute atomic E-state index is 6.25. The smallest absolute Gasteiger partial charge is 0.191 e. The van der Waals surface area contributed by atoms with E-state index >= 15 is 0 Å². The van der Waals surface area contributed by atoms with Crippen molar-refractivity contribution in [1.82, 2.24) is 4.90 Å². The minimum Gasteiger partial charge on any atom is -0.370 e. The van der Waals surface area contributed by atoms with E-state index < -0.39 is 0 Å². The lowest BCUT2D eigenvalue weighted by Crippen LogP contribution is -2.41. The topological polar surface area (TPSA) is 41.6 Å². The number of nitrogens with zero attached hydrogens (tertiary/aromatic N) is 2. The minimum atomic E-state index is 0.499. The molecule has 0 bridgehead atoms. The highest BCUT2D eigenvalue weighted by Gasteiger charge is 2.30. The Kier molecular flexibility index (Phi) is 4.90. The summed E-state index contributed by atoms with van der Waals surface area (Å²) in [6.07, 6.45) is 10.3. The molecule has 18 heavy (non-hydrogen) atoms. The van der Waals surface area contributed by atoms with Gasteiger partial charge in [-0.2, -0.15) is 0 Å². The normalized spacial score (nSPS) is 22.5. The third kappa shape index (κ3) is 4.18. The van der Waals surface area contributed by atoms with Gasteiger partial charge in [-0.25, -0.2) is 4.99 Å². The standard InChI is InChI=1S/C15H29N3/c1-12(2)10-11-18(14-8-9-14)15(16)17-13-6-4-3-5-7-13/h12-14H,3-11H2,1-2H3,(H2,16,17). The Balaban J connectivity index is 1.89. The van der Waals surface area contributed by atoms with Crippen molar-refractivity contribution in [3.63, 3.8) is 0 Å². The van der Waals surface area contributed by atoms with Gasteiger partial charge in [0.2, 0.25) is 0 Å². The first-order valence-electron chi connectivity index (χ1n) is 7.76. The van der Waals surface area contributed by atoms with Crippen LogP contribution in [0.4, 0.5) is 0 Å². The van der Waals surface area contributed by atoms with E-state index in [-0.39, 0.29) is 0 Å². The van der Waals surface area contributed by atoms with Gasteiger partial charge >= 0.3 is 0 Å². The van der Waals surface area contributed by atoms with Crippen molar-refractivity contribution in [3.8, 4) is 0 Å². The molecule has 0 radical (unpaired) electrons. The lowest BCUT2D eigenvalue weighted by atomic mass is 9.96. The van der Waals surface area contributed by atoms with E-state index in [1.165, 1.54) is 51.4 Å². The molecule has 2 aliphatic rings. The number of rotatable bonds is 5. The summed E-state index contributed by atoms with van der Waals surface area (Å²) < 4.78 is 0. The highest BCUT2D eigenvalue weighted by molar-refractivity contribution is 5.79. The summed E-state index contributed by atoms with van der Waals surface area (Å²) >= 11 is 0. The highest BCUT2D eigenvalue weighted by Crippen LogP contribution is 2.28. The van der Waals surface area contributed by atoms with Crippen molar-refractivity contribution in [2.45, 2.75) is 77.3 Å². The van der Waals surface area contributed by atoms with Gasteiger partial charge in [-0.05, 0) is 38.0 Å². The molecule has 3 nitrogen and oxygen atoms in total. The van der Waals surface area contributed by atoms with Crippen molar-refractivity contribution < 1.29 is 0 Å². The van der Waals surface area contributed by atoms with Gasteiger partial charge in [0.25, 0.3) is 0 Å². The summed E-state index contributed by atoms with van der Waals surface area (Å²) in [5, 5.41) is 0. The molecule has 0 amide bonds. The largest absolute Gasteiger partial charge is 0.370 e. The van der Waals surface area contributed by atoms with Crippen LogP contribution < -0.4 is 5.73 Å². The van der Waals surface area contributed by atoms with Crippen molar-refractivity contribution >= 4 is 5.96 Å². The van der Waals surface area contributed by atoms with Gasteiger partial charge in [-0.15, -0.1) is 0 Å². The summed E-state index contributed by atoms with van der Waals surface area (Å²) in [4.78, 5) is 7.17. The van der Waals surface area contributed by atoms with Gasteiger partial charge in [0, 0.05) is 12.6 Å². The van der Waals surface area contributed by atoms with Crippen LogP contribution in [-0.2, 0) is 0 Å². The Labute approximate surface area is 112 Å². The molecular weight excluding hydrogens is 222 g/mol.